The van der Waals surface area contributed by atoms with Gasteiger partial charge in [0, 0.05) is 51.2 Å². The summed E-state index contributed by atoms with van der Waals surface area (Å²) < 4.78 is 15.6. The molecule has 164 valence electrons. The van der Waals surface area contributed by atoms with Gasteiger partial charge >= 0.3 is 0 Å². The van der Waals surface area contributed by atoms with Gasteiger partial charge in [0.25, 0.3) is 5.91 Å². The summed E-state index contributed by atoms with van der Waals surface area (Å²) in [4.78, 5) is 39.3. The number of fused-ring (bicyclic) bond motifs is 1. The number of methoxy groups -OCH3 is 1. The molecule has 9 heteroatoms. The van der Waals surface area contributed by atoms with Crippen molar-refractivity contribution in [2.45, 2.75) is 31.7 Å². The van der Waals surface area contributed by atoms with Crippen LogP contribution >= 0.6 is 0 Å². The van der Waals surface area contributed by atoms with Crippen molar-refractivity contribution in [3.8, 4) is 11.5 Å². The number of nitrogens with one attached hydrogen (secondary N) is 2. The van der Waals surface area contributed by atoms with Crippen LogP contribution in [0.3, 0.4) is 0 Å². The van der Waals surface area contributed by atoms with Gasteiger partial charge in [-0.15, -0.1) is 0 Å². The zero-order valence-electron chi connectivity index (χ0n) is 17.4. The summed E-state index contributed by atoms with van der Waals surface area (Å²) >= 11 is 0. The maximum atomic E-state index is 12.7. The number of amides is 3. The molecule has 2 heterocycles. The molecule has 9 nitrogen and oxygen atoms in total. The quantitative estimate of drug-likeness (QED) is 0.665. The summed E-state index contributed by atoms with van der Waals surface area (Å²) in [5.74, 6) is 0.330. The highest BCUT2D eigenvalue weighted by molar-refractivity contribution is 5.95. The molecule has 30 heavy (non-hydrogen) atoms. The number of rotatable bonds is 6. The van der Waals surface area contributed by atoms with E-state index in [2.05, 4.69) is 10.6 Å². The van der Waals surface area contributed by atoms with Crippen molar-refractivity contribution in [2.75, 3.05) is 40.6 Å². The van der Waals surface area contributed by atoms with Gasteiger partial charge in [-0.2, -0.15) is 0 Å². The molecule has 2 N–H and O–H groups in total. The van der Waals surface area contributed by atoms with E-state index in [1.165, 1.54) is 0 Å². The molecule has 0 bridgehead atoms. The fourth-order valence-electron chi connectivity index (χ4n) is 3.67. The van der Waals surface area contributed by atoms with Crippen LogP contribution in [-0.2, 0) is 14.3 Å². The fraction of sp³-hybridized carbons (Fsp3) is 0.571. The lowest BCUT2D eigenvalue weighted by Gasteiger charge is -2.24. The highest BCUT2D eigenvalue weighted by Gasteiger charge is 2.28. The summed E-state index contributed by atoms with van der Waals surface area (Å²) in [6, 6.07) is 4.85. The molecule has 1 saturated heterocycles. The second-order valence-corrected chi connectivity index (χ2v) is 7.63. The van der Waals surface area contributed by atoms with Gasteiger partial charge in [-0.05, 0) is 31.0 Å². The van der Waals surface area contributed by atoms with E-state index in [0.717, 1.165) is 6.42 Å². The Hall–Kier alpha value is -2.81. The first-order chi connectivity index (χ1) is 14.5. The largest absolute Gasteiger partial charge is 0.454 e. The standard InChI is InChI=1S/C21H29N3O6/c1-24-12-16(23-21(27)15-6-7-17-18(10-15)30-13-29-17)5-3-4-14(11-19(24)25)20(26)22-8-9-28-2/h6-7,10,14,16H,3-5,8-9,11-13H2,1-2H3,(H,22,26)(H,23,27). The van der Waals surface area contributed by atoms with Crippen molar-refractivity contribution in [3.05, 3.63) is 23.8 Å². The number of ether oxygens (including phenoxy) is 3. The minimum Gasteiger partial charge on any atom is -0.454 e. The van der Waals surface area contributed by atoms with Gasteiger partial charge in [0.2, 0.25) is 18.6 Å². The number of carbonyl (C=O) groups excluding carboxylic acids is 3. The van der Waals surface area contributed by atoms with Crippen molar-refractivity contribution in [1.82, 2.24) is 15.5 Å². The highest BCUT2D eigenvalue weighted by Crippen LogP contribution is 2.32. The molecule has 3 amide bonds. The number of nitrogens with zero attached hydrogens (tertiary/aromatic N) is 1. The Bertz CT molecular complexity index is 784. The Morgan fingerprint density at radius 1 is 1.23 bits per heavy atom. The lowest BCUT2D eigenvalue weighted by molar-refractivity contribution is -0.135. The molecule has 2 atom stereocenters. The average molecular weight is 419 g/mol. The van der Waals surface area contributed by atoms with Crippen molar-refractivity contribution in [1.29, 1.82) is 0 Å². The summed E-state index contributed by atoms with van der Waals surface area (Å²) in [6.45, 7) is 1.40. The Labute approximate surface area is 176 Å². The monoisotopic (exact) mass is 419 g/mol. The maximum absolute atomic E-state index is 12.7. The molecular weight excluding hydrogens is 390 g/mol. The minimum atomic E-state index is -0.375. The van der Waals surface area contributed by atoms with E-state index in [4.69, 9.17) is 14.2 Å². The summed E-state index contributed by atoms with van der Waals surface area (Å²) in [5.41, 5.74) is 0.475. The molecule has 0 spiro atoms. The zero-order valence-corrected chi connectivity index (χ0v) is 17.4. The summed E-state index contributed by atoms with van der Waals surface area (Å²) in [6.07, 6.45) is 2.16. The van der Waals surface area contributed by atoms with Gasteiger partial charge in [0.15, 0.2) is 11.5 Å². The Morgan fingerprint density at radius 3 is 2.83 bits per heavy atom. The van der Waals surface area contributed by atoms with Crippen LogP contribution in [0.15, 0.2) is 18.2 Å². The third-order valence-electron chi connectivity index (χ3n) is 5.39. The molecule has 1 aromatic rings. The molecule has 2 unspecified atom stereocenters. The van der Waals surface area contributed by atoms with Gasteiger partial charge in [-0.25, -0.2) is 0 Å². The molecule has 2 aliphatic rings. The number of hydrogen-bond acceptors (Lipinski definition) is 6. The van der Waals surface area contributed by atoms with Gasteiger partial charge in [-0.1, -0.05) is 6.42 Å². The van der Waals surface area contributed by atoms with Crippen LogP contribution in [0.2, 0.25) is 0 Å². The van der Waals surface area contributed by atoms with Crippen molar-refractivity contribution >= 4 is 17.7 Å². The predicted molar refractivity (Wildman–Crippen MR) is 108 cm³/mol. The fourth-order valence-corrected chi connectivity index (χ4v) is 3.67. The second kappa shape index (κ2) is 10.3. The first-order valence-electron chi connectivity index (χ1n) is 10.2. The van der Waals surface area contributed by atoms with Crippen molar-refractivity contribution < 1.29 is 28.6 Å². The van der Waals surface area contributed by atoms with Crippen LogP contribution in [0.1, 0.15) is 36.0 Å². The van der Waals surface area contributed by atoms with E-state index in [1.54, 1.807) is 37.3 Å². The van der Waals surface area contributed by atoms with Crippen LogP contribution < -0.4 is 20.1 Å². The highest BCUT2D eigenvalue weighted by atomic mass is 16.7. The molecule has 0 aliphatic carbocycles. The van der Waals surface area contributed by atoms with Crippen LogP contribution in [0.4, 0.5) is 0 Å². The topological polar surface area (TPSA) is 106 Å². The minimum absolute atomic E-state index is 0.105. The summed E-state index contributed by atoms with van der Waals surface area (Å²) in [5, 5.41) is 5.83. The van der Waals surface area contributed by atoms with Crippen LogP contribution in [0.5, 0.6) is 11.5 Å². The van der Waals surface area contributed by atoms with Crippen LogP contribution in [0, 0.1) is 5.92 Å². The van der Waals surface area contributed by atoms with Crippen LogP contribution in [0.25, 0.3) is 0 Å². The zero-order chi connectivity index (χ0) is 21.5. The molecule has 2 aliphatic heterocycles. The van der Waals surface area contributed by atoms with Crippen LogP contribution in [-0.4, -0.2) is 69.3 Å². The third kappa shape index (κ3) is 5.63. The Morgan fingerprint density at radius 2 is 2.03 bits per heavy atom. The lowest BCUT2D eigenvalue weighted by Crippen LogP contribution is -2.44. The van der Waals surface area contributed by atoms with E-state index in [1.807, 2.05) is 0 Å². The second-order valence-electron chi connectivity index (χ2n) is 7.63. The van der Waals surface area contributed by atoms with E-state index < -0.39 is 0 Å². The molecule has 3 rings (SSSR count). The molecule has 1 fully saturated rings. The number of likely N-dealkylation sites (N-methyl/N-ethyl adjacent to an activating group) is 1. The van der Waals surface area contributed by atoms with Crippen molar-refractivity contribution in [3.63, 3.8) is 0 Å². The Kier molecular flexibility index (Phi) is 7.51. The first kappa shape index (κ1) is 21.9. The molecule has 1 aromatic carbocycles. The lowest BCUT2D eigenvalue weighted by atomic mass is 9.96. The summed E-state index contributed by atoms with van der Waals surface area (Å²) in [7, 11) is 3.27. The molecule has 0 radical (unpaired) electrons. The average Bonchev–Trinajstić information content (AvgIpc) is 3.21. The predicted octanol–water partition coefficient (Wildman–Crippen LogP) is 0.925. The molecule has 0 aromatic heterocycles. The number of carbonyl (C=O) groups is 3. The third-order valence-corrected chi connectivity index (χ3v) is 5.39. The van der Waals surface area contributed by atoms with Gasteiger partial charge in [-0.3, -0.25) is 14.4 Å². The van der Waals surface area contributed by atoms with E-state index in [-0.39, 0.29) is 42.9 Å². The normalized spacial score (nSPS) is 21.4. The van der Waals surface area contributed by atoms with E-state index in [0.29, 0.717) is 49.6 Å². The molecule has 0 saturated carbocycles. The first-order valence-corrected chi connectivity index (χ1v) is 10.2. The van der Waals surface area contributed by atoms with Crippen molar-refractivity contribution in [2.24, 2.45) is 5.92 Å². The SMILES string of the molecule is COCCNC(=O)C1CCCC(NC(=O)c2ccc3c(c2)OCO3)CN(C)C(=O)C1. The molecular formula is C21H29N3O6. The number of benzene rings is 1. The van der Waals surface area contributed by atoms with E-state index in [9.17, 15) is 14.4 Å². The van der Waals surface area contributed by atoms with E-state index >= 15 is 0 Å². The number of hydrogen-bond donors (Lipinski definition) is 2. The smallest absolute Gasteiger partial charge is 0.251 e. The van der Waals surface area contributed by atoms with Gasteiger partial charge < -0.3 is 29.7 Å². The van der Waals surface area contributed by atoms with Gasteiger partial charge in [0.05, 0.1) is 6.61 Å². The Balaban J connectivity index is 1.60. The maximum Gasteiger partial charge on any atom is 0.251 e. The van der Waals surface area contributed by atoms with Gasteiger partial charge in [0.1, 0.15) is 0 Å².